The molecule has 1 N–H and O–H groups in total. The van der Waals surface area contributed by atoms with Crippen molar-refractivity contribution in [2.45, 2.75) is 25.8 Å². The molecule has 1 heterocycles. The molecule has 2 atom stereocenters. The molecule has 6 heteroatoms. The van der Waals surface area contributed by atoms with Crippen LogP contribution in [0.2, 0.25) is 0 Å². The molecule has 1 aromatic rings. The van der Waals surface area contributed by atoms with E-state index < -0.39 is 0 Å². The van der Waals surface area contributed by atoms with E-state index in [0.717, 1.165) is 0 Å². The van der Waals surface area contributed by atoms with Crippen molar-refractivity contribution in [3.63, 3.8) is 0 Å². The lowest BCUT2D eigenvalue weighted by molar-refractivity contribution is 0.331. The minimum Gasteiger partial charge on any atom is -0.467 e. The van der Waals surface area contributed by atoms with Gasteiger partial charge in [-0.2, -0.15) is 9.97 Å². The minimum absolute atomic E-state index is 0.149. The molecule has 0 aliphatic carbocycles. The maximum Gasteiger partial charge on any atom is 0.322 e. The van der Waals surface area contributed by atoms with E-state index in [1.54, 1.807) is 0 Å². The van der Waals surface area contributed by atoms with E-state index >= 15 is 0 Å². The molecular weight excluding hydrogens is 208 g/mol. The number of nitrogens with zero attached hydrogens (tertiary/aromatic N) is 3. The number of hydrogen-bond donors (Lipinski definition) is 1. The normalized spacial score (nSPS) is 14.3. The summed E-state index contributed by atoms with van der Waals surface area (Å²) in [5.41, 5.74) is 0. The summed E-state index contributed by atoms with van der Waals surface area (Å²) in [5, 5.41) is 3.16. The van der Waals surface area contributed by atoms with Crippen LogP contribution in [0.15, 0.2) is 0 Å². The molecule has 0 radical (unpaired) electrons. The van der Waals surface area contributed by atoms with E-state index in [2.05, 4.69) is 27.2 Å². The lowest BCUT2D eigenvalue weighted by Gasteiger charge is -2.18. The number of nitrogens with one attached hydrogen (secondary N) is 1. The first-order valence-corrected chi connectivity index (χ1v) is 5.13. The molecule has 1 rings (SSSR count). The second-order valence-corrected chi connectivity index (χ2v) is 3.53. The molecule has 6 nitrogen and oxygen atoms in total. The van der Waals surface area contributed by atoms with Crippen LogP contribution in [0.1, 0.15) is 25.6 Å². The summed E-state index contributed by atoms with van der Waals surface area (Å²) in [7, 11) is 4.94. The highest BCUT2D eigenvalue weighted by molar-refractivity contribution is 5.09. The van der Waals surface area contributed by atoms with E-state index in [1.807, 2.05) is 14.0 Å². The zero-order valence-corrected chi connectivity index (χ0v) is 10.3. The lowest BCUT2D eigenvalue weighted by atomic mass is 10.0. The van der Waals surface area contributed by atoms with Gasteiger partial charge in [-0.15, -0.1) is 4.98 Å². The van der Waals surface area contributed by atoms with Crippen molar-refractivity contribution in [2.75, 3.05) is 21.3 Å². The molecule has 0 spiro atoms. The molecule has 0 aliphatic rings. The molecule has 0 aromatic carbocycles. The van der Waals surface area contributed by atoms with Crippen LogP contribution in [0.5, 0.6) is 12.0 Å². The lowest BCUT2D eigenvalue weighted by Crippen LogP contribution is -2.28. The third kappa shape index (κ3) is 2.79. The topological polar surface area (TPSA) is 69.2 Å². The van der Waals surface area contributed by atoms with Crippen LogP contribution in [0.25, 0.3) is 0 Å². The van der Waals surface area contributed by atoms with Crippen LogP contribution in [-0.4, -0.2) is 42.3 Å². The first-order valence-electron chi connectivity index (χ1n) is 5.13. The summed E-state index contributed by atoms with van der Waals surface area (Å²) in [6, 6.07) is 0.811. The predicted molar refractivity (Wildman–Crippen MR) is 59.9 cm³/mol. The van der Waals surface area contributed by atoms with Crippen molar-refractivity contribution in [3.05, 3.63) is 5.82 Å². The standard InChI is InChI=1S/C10H18N4O2/c1-6(7(2)11-3)8-12-9(15-4)14-10(13-8)16-5/h6-7,11H,1-5H3. The average molecular weight is 226 g/mol. The second kappa shape index (κ2) is 5.60. The summed E-state index contributed by atoms with van der Waals surface area (Å²) in [4.78, 5) is 12.4. The van der Waals surface area contributed by atoms with Gasteiger partial charge in [-0.05, 0) is 14.0 Å². The fourth-order valence-electron chi connectivity index (χ4n) is 1.21. The maximum absolute atomic E-state index is 5.00. The fraction of sp³-hybridized carbons (Fsp3) is 0.700. The Bertz CT molecular complexity index is 323. The van der Waals surface area contributed by atoms with Crippen molar-refractivity contribution >= 4 is 0 Å². The molecule has 2 unspecified atom stereocenters. The van der Waals surface area contributed by atoms with Crippen molar-refractivity contribution in [1.29, 1.82) is 0 Å². The Morgan fingerprint density at radius 1 is 1.00 bits per heavy atom. The fourth-order valence-corrected chi connectivity index (χ4v) is 1.21. The Morgan fingerprint density at radius 2 is 1.50 bits per heavy atom. The molecule has 0 saturated heterocycles. The van der Waals surface area contributed by atoms with Crippen LogP contribution in [0, 0.1) is 0 Å². The van der Waals surface area contributed by atoms with Gasteiger partial charge in [0.25, 0.3) is 0 Å². The van der Waals surface area contributed by atoms with Crippen LogP contribution in [0.4, 0.5) is 0 Å². The van der Waals surface area contributed by atoms with Gasteiger partial charge in [0.05, 0.1) is 14.2 Å². The molecule has 0 amide bonds. The van der Waals surface area contributed by atoms with Gasteiger partial charge in [0, 0.05) is 12.0 Å². The number of ether oxygens (including phenoxy) is 2. The predicted octanol–water partition coefficient (Wildman–Crippen LogP) is 0.600. The van der Waals surface area contributed by atoms with Crippen LogP contribution in [-0.2, 0) is 0 Å². The second-order valence-electron chi connectivity index (χ2n) is 3.53. The van der Waals surface area contributed by atoms with E-state index in [9.17, 15) is 0 Å². The van der Waals surface area contributed by atoms with Crippen LogP contribution >= 0.6 is 0 Å². The highest BCUT2D eigenvalue weighted by Gasteiger charge is 2.18. The number of aromatic nitrogens is 3. The molecular formula is C10H18N4O2. The summed E-state index contributed by atoms with van der Waals surface area (Å²) in [6.45, 7) is 4.10. The van der Waals surface area contributed by atoms with Gasteiger partial charge >= 0.3 is 12.0 Å². The van der Waals surface area contributed by atoms with E-state index in [4.69, 9.17) is 9.47 Å². The van der Waals surface area contributed by atoms with E-state index in [-0.39, 0.29) is 24.0 Å². The molecule has 0 aliphatic heterocycles. The number of hydrogen-bond acceptors (Lipinski definition) is 6. The third-order valence-electron chi connectivity index (χ3n) is 2.59. The first kappa shape index (κ1) is 12.6. The van der Waals surface area contributed by atoms with Gasteiger partial charge in [0.1, 0.15) is 5.82 Å². The molecule has 90 valence electrons. The Balaban J connectivity index is 3.02. The zero-order chi connectivity index (χ0) is 12.1. The molecule has 16 heavy (non-hydrogen) atoms. The number of methoxy groups -OCH3 is 2. The van der Waals surface area contributed by atoms with Gasteiger partial charge in [0.2, 0.25) is 0 Å². The van der Waals surface area contributed by atoms with Gasteiger partial charge in [0.15, 0.2) is 0 Å². The van der Waals surface area contributed by atoms with Gasteiger partial charge < -0.3 is 14.8 Å². The quantitative estimate of drug-likeness (QED) is 0.793. The molecule has 1 aromatic heterocycles. The molecule has 0 fully saturated rings. The molecule has 0 bridgehead atoms. The SMILES string of the molecule is CNC(C)C(C)c1nc(OC)nc(OC)n1. The zero-order valence-electron chi connectivity index (χ0n) is 10.3. The van der Waals surface area contributed by atoms with Gasteiger partial charge in [-0.25, -0.2) is 0 Å². The van der Waals surface area contributed by atoms with E-state index in [1.165, 1.54) is 14.2 Å². The Kier molecular flexibility index (Phi) is 4.42. The number of rotatable bonds is 5. The Labute approximate surface area is 95.4 Å². The number of likely N-dealkylation sites (N-methyl/N-ethyl adjacent to an activating group) is 1. The summed E-state index contributed by atoms with van der Waals surface area (Å²) in [6.07, 6.45) is 0. The highest BCUT2D eigenvalue weighted by Crippen LogP contribution is 2.18. The molecule has 0 saturated carbocycles. The maximum atomic E-state index is 5.00. The first-order chi connectivity index (χ1) is 7.62. The smallest absolute Gasteiger partial charge is 0.322 e. The largest absolute Gasteiger partial charge is 0.467 e. The van der Waals surface area contributed by atoms with Gasteiger partial charge in [-0.3, -0.25) is 0 Å². The summed E-state index contributed by atoms with van der Waals surface area (Å²) in [5.74, 6) is 0.807. The third-order valence-corrected chi connectivity index (χ3v) is 2.59. The summed E-state index contributed by atoms with van der Waals surface area (Å²) < 4.78 is 10.00. The minimum atomic E-state index is 0.149. The average Bonchev–Trinajstić information content (AvgIpc) is 2.35. The van der Waals surface area contributed by atoms with E-state index in [0.29, 0.717) is 5.82 Å². The Hall–Kier alpha value is -1.43. The highest BCUT2D eigenvalue weighted by atomic mass is 16.5. The van der Waals surface area contributed by atoms with Crippen LogP contribution in [0.3, 0.4) is 0 Å². The van der Waals surface area contributed by atoms with Crippen molar-refractivity contribution < 1.29 is 9.47 Å². The van der Waals surface area contributed by atoms with Crippen molar-refractivity contribution in [3.8, 4) is 12.0 Å². The monoisotopic (exact) mass is 226 g/mol. The summed E-state index contributed by atoms with van der Waals surface area (Å²) >= 11 is 0. The van der Waals surface area contributed by atoms with Crippen molar-refractivity contribution in [1.82, 2.24) is 20.3 Å². The van der Waals surface area contributed by atoms with Crippen molar-refractivity contribution in [2.24, 2.45) is 0 Å². The Morgan fingerprint density at radius 3 is 1.88 bits per heavy atom. The van der Waals surface area contributed by atoms with Crippen LogP contribution < -0.4 is 14.8 Å². The van der Waals surface area contributed by atoms with Gasteiger partial charge in [-0.1, -0.05) is 6.92 Å².